The molecule has 0 aliphatic rings. The third kappa shape index (κ3) is 32.8. The van der Waals surface area contributed by atoms with Crippen LogP contribution in [-0.2, 0) is 27.1 Å². The molecular weight excluding hydrogens is 828 g/mol. The molecule has 382 valence electrons. The molecule has 0 N–H and O–H groups in total. The molecule has 0 atom stereocenters. The molecular formula is C58H103FN8. The lowest BCUT2D eigenvalue weighted by Gasteiger charge is -2.19. The van der Waals surface area contributed by atoms with Crippen molar-refractivity contribution >= 4 is 0 Å². The monoisotopic (exact) mass is 931 g/mol. The molecule has 9 heteroatoms. The number of pyridine rings is 2. The number of hydrogen-bond acceptors (Lipinski definition) is 8. The second kappa shape index (κ2) is 35.6. The highest BCUT2D eigenvalue weighted by Crippen LogP contribution is 2.24. The van der Waals surface area contributed by atoms with Crippen molar-refractivity contribution in [1.29, 1.82) is 0 Å². The molecule has 0 amide bonds. The fourth-order valence-electron chi connectivity index (χ4n) is 4.33. The lowest BCUT2D eigenvalue weighted by atomic mass is 9.87. The summed E-state index contributed by atoms with van der Waals surface area (Å²) in [4.78, 5) is 25.1. The van der Waals surface area contributed by atoms with Crippen LogP contribution in [-0.4, -0.2) is 40.1 Å². The zero-order valence-electron chi connectivity index (χ0n) is 49.2. The highest BCUT2D eigenvalue weighted by atomic mass is 19.1. The molecule has 0 radical (unpaired) electrons. The summed E-state index contributed by atoms with van der Waals surface area (Å²) in [6.07, 6.45) is 11.2. The van der Waals surface area contributed by atoms with Crippen LogP contribution in [0.3, 0.4) is 0 Å². The van der Waals surface area contributed by atoms with Gasteiger partial charge in [0.25, 0.3) is 0 Å². The van der Waals surface area contributed by atoms with E-state index in [1.165, 1.54) is 16.7 Å². The summed E-state index contributed by atoms with van der Waals surface area (Å²) in [6.45, 7) is 63.6. The minimum Gasteiger partial charge on any atom is -0.261 e. The van der Waals surface area contributed by atoms with Crippen molar-refractivity contribution < 1.29 is 4.39 Å². The van der Waals surface area contributed by atoms with Crippen LogP contribution in [0.2, 0.25) is 0 Å². The lowest BCUT2D eigenvalue weighted by Crippen LogP contribution is -2.15. The molecule has 0 saturated carbocycles. The topological polar surface area (TPSA) is 103 Å². The van der Waals surface area contributed by atoms with Crippen molar-refractivity contribution in [1.82, 2.24) is 40.1 Å². The third-order valence-electron chi connectivity index (χ3n) is 8.76. The van der Waals surface area contributed by atoms with Crippen molar-refractivity contribution in [3.8, 4) is 0 Å². The molecule has 67 heavy (non-hydrogen) atoms. The summed E-state index contributed by atoms with van der Waals surface area (Å²) in [5.41, 5.74) is 9.95. The van der Waals surface area contributed by atoms with Gasteiger partial charge in [-0.2, -0.15) is 10.2 Å². The van der Waals surface area contributed by atoms with E-state index < -0.39 is 0 Å². The van der Waals surface area contributed by atoms with E-state index in [2.05, 4.69) is 136 Å². The van der Waals surface area contributed by atoms with Gasteiger partial charge in [0.05, 0.1) is 17.1 Å². The lowest BCUT2D eigenvalue weighted by molar-refractivity contribution is 0.544. The predicted octanol–water partition coefficient (Wildman–Crippen LogP) is 17.2. The summed E-state index contributed by atoms with van der Waals surface area (Å²) in [7, 11) is 0. The normalized spacial score (nSPS) is 10.4. The highest BCUT2D eigenvalue weighted by Gasteiger charge is 2.18. The number of hydrogen-bond donors (Lipinski definition) is 0. The Morgan fingerprint density at radius 1 is 0.373 bits per heavy atom. The van der Waals surface area contributed by atoms with Gasteiger partial charge >= 0.3 is 0 Å². The maximum atomic E-state index is 13.0. The molecule has 5 rings (SSSR count). The van der Waals surface area contributed by atoms with Crippen LogP contribution in [0.5, 0.6) is 0 Å². The van der Waals surface area contributed by atoms with Crippen LogP contribution in [0.15, 0.2) is 61.4 Å². The first-order chi connectivity index (χ1) is 30.8. The summed E-state index contributed by atoms with van der Waals surface area (Å²) in [5.74, 6) is 1.52. The summed E-state index contributed by atoms with van der Waals surface area (Å²) in [5, 5.41) is 8.10. The predicted molar refractivity (Wildman–Crippen MR) is 293 cm³/mol. The Labute approximate surface area is 414 Å². The SMILES string of the molecule is CC.CC.CC.CC.CC.Cc1cc(C(C)(C)C)cnc1C.Cc1ccc(C(C)(C)C)nn1.Cc1cnc(C(C)(C)C)nc1.Cc1ncc(C(C)(C)C)cc1F.Cc1ncc(C(C)(C)C)cn1. The van der Waals surface area contributed by atoms with Crippen LogP contribution in [0.25, 0.3) is 0 Å². The Kier molecular flexibility index (Phi) is 38.0. The van der Waals surface area contributed by atoms with Gasteiger partial charge in [-0.25, -0.2) is 24.3 Å². The first kappa shape index (κ1) is 71.5. The molecule has 0 spiro atoms. The average Bonchev–Trinajstić information content (AvgIpc) is 3.26. The summed E-state index contributed by atoms with van der Waals surface area (Å²) < 4.78 is 13.0. The molecule has 5 aromatic heterocycles. The van der Waals surface area contributed by atoms with Gasteiger partial charge < -0.3 is 0 Å². The maximum absolute atomic E-state index is 13.0. The molecule has 0 aliphatic heterocycles. The Bertz CT molecular complexity index is 1740. The van der Waals surface area contributed by atoms with Crippen LogP contribution in [0.1, 0.15) is 235 Å². The minimum absolute atomic E-state index is 0.0263. The standard InChI is InChI=1S/C11H17N.C10H14FN.3C9H14N2.5C2H6/c1-8-6-10(11(3,4)5)7-12-9(8)2;1-7-9(11)5-8(6-12-7)10(2,3)4;1-7-10-5-8(6-11-7)9(2,3)4;1-7-5-10-8(11-6-7)9(2,3)4;1-7-5-6-8(11-10-7)9(2,3)4;5*1-2/h6-7H,1-5H3;5-6H,1-4H3;3*5-6H,1-4H3;5*1-2H3. The fourth-order valence-corrected chi connectivity index (χ4v) is 4.33. The maximum Gasteiger partial charge on any atom is 0.144 e. The quantitative estimate of drug-likeness (QED) is 0.151. The average molecular weight is 932 g/mol. The van der Waals surface area contributed by atoms with E-state index in [-0.39, 0.29) is 32.9 Å². The Morgan fingerprint density at radius 2 is 0.746 bits per heavy atom. The molecule has 5 aromatic rings. The van der Waals surface area contributed by atoms with Gasteiger partial charge in [-0.3, -0.25) is 9.97 Å². The highest BCUT2D eigenvalue weighted by molar-refractivity contribution is 5.27. The van der Waals surface area contributed by atoms with Crippen molar-refractivity contribution in [2.75, 3.05) is 0 Å². The first-order valence-electron chi connectivity index (χ1n) is 24.8. The smallest absolute Gasteiger partial charge is 0.144 e. The van der Waals surface area contributed by atoms with E-state index in [1.807, 2.05) is 161 Å². The van der Waals surface area contributed by atoms with Gasteiger partial charge in [-0.1, -0.05) is 179 Å². The summed E-state index contributed by atoms with van der Waals surface area (Å²) in [6, 6.07) is 7.81. The first-order valence-corrected chi connectivity index (χ1v) is 24.8. The van der Waals surface area contributed by atoms with Crippen molar-refractivity contribution in [3.05, 3.63) is 130 Å². The molecule has 0 unspecified atom stereocenters. The Balaban J connectivity index is -0.000000228. The van der Waals surface area contributed by atoms with Crippen molar-refractivity contribution in [3.63, 3.8) is 0 Å². The Morgan fingerprint density at radius 3 is 1.06 bits per heavy atom. The van der Waals surface area contributed by atoms with Crippen LogP contribution < -0.4 is 0 Å². The van der Waals surface area contributed by atoms with E-state index in [4.69, 9.17) is 0 Å². The molecule has 0 fully saturated rings. The summed E-state index contributed by atoms with van der Waals surface area (Å²) >= 11 is 0. The van der Waals surface area contributed by atoms with E-state index in [0.717, 1.165) is 39.9 Å². The van der Waals surface area contributed by atoms with Gasteiger partial charge in [0.15, 0.2) is 0 Å². The molecule has 8 nitrogen and oxygen atoms in total. The van der Waals surface area contributed by atoms with E-state index in [9.17, 15) is 4.39 Å². The minimum atomic E-state index is -0.220. The largest absolute Gasteiger partial charge is 0.261 e. The van der Waals surface area contributed by atoms with Crippen LogP contribution in [0.4, 0.5) is 4.39 Å². The van der Waals surface area contributed by atoms with Crippen molar-refractivity contribution in [2.45, 2.75) is 242 Å². The molecule has 0 aliphatic carbocycles. The molecule has 5 heterocycles. The van der Waals surface area contributed by atoms with Crippen LogP contribution >= 0.6 is 0 Å². The van der Waals surface area contributed by atoms with Gasteiger partial charge in [0.2, 0.25) is 0 Å². The van der Waals surface area contributed by atoms with Gasteiger partial charge in [-0.15, -0.1) is 0 Å². The zero-order valence-corrected chi connectivity index (χ0v) is 49.2. The van der Waals surface area contributed by atoms with Crippen LogP contribution in [0, 0.1) is 47.4 Å². The molecule has 0 bridgehead atoms. The molecule has 0 saturated heterocycles. The molecule has 0 aromatic carbocycles. The Hall–Kier alpha value is -4.53. The fraction of sp³-hybridized carbons (Fsp3) is 0.621. The van der Waals surface area contributed by atoms with E-state index in [0.29, 0.717) is 5.69 Å². The van der Waals surface area contributed by atoms with Gasteiger partial charge in [-0.05, 0) is 104 Å². The number of rotatable bonds is 0. The van der Waals surface area contributed by atoms with E-state index >= 15 is 0 Å². The number of halogens is 1. The van der Waals surface area contributed by atoms with Gasteiger partial charge in [0.1, 0.15) is 17.5 Å². The number of aryl methyl sites for hydroxylation is 6. The third-order valence-corrected chi connectivity index (χ3v) is 8.76. The number of aromatic nitrogens is 8. The zero-order chi connectivity index (χ0) is 54.2. The van der Waals surface area contributed by atoms with Crippen molar-refractivity contribution in [2.24, 2.45) is 0 Å². The van der Waals surface area contributed by atoms with E-state index in [1.54, 1.807) is 19.2 Å². The number of nitrogens with zero attached hydrogens (tertiary/aromatic N) is 8. The van der Waals surface area contributed by atoms with Gasteiger partial charge in [0, 0.05) is 53.7 Å². The second-order valence-corrected chi connectivity index (χ2v) is 19.8. The second-order valence-electron chi connectivity index (χ2n) is 19.8.